The molecule has 2 heterocycles. The van der Waals surface area contributed by atoms with Crippen LogP contribution in [-0.2, 0) is 16.1 Å². The van der Waals surface area contributed by atoms with Gasteiger partial charge in [-0.15, -0.1) is 0 Å². The van der Waals surface area contributed by atoms with Crippen LogP contribution < -0.4 is 10.2 Å². The first kappa shape index (κ1) is 16.3. The van der Waals surface area contributed by atoms with Crippen molar-refractivity contribution < 1.29 is 9.59 Å². The molecular weight excluding hydrogens is 326 g/mol. The van der Waals surface area contributed by atoms with Gasteiger partial charge < -0.3 is 10.2 Å². The smallest absolute Gasteiger partial charge is 0.227 e. The fourth-order valence-electron chi connectivity index (χ4n) is 3.40. The maximum atomic E-state index is 12.5. The van der Waals surface area contributed by atoms with Gasteiger partial charge in [0.1, 0.15) is 0 Å². The van der Waals surface area contributed by atoms with Gasteiger partial charge in [-0.1, -0.05) is 42.5 Å². The first-order valence-corrected chi connectivity index (χ1v) is 8.67. The second-order valence-corrected chi connectivity index (χ2v) is 6.48. The summed E-state index contributed by atoms with van der Waals surface area (Å²) >= 11 is 0. The number of nitrogens with zero attached hydrogens (tertiary/aromatic N) is 2. The van der Waals surface area contributed by atoms with E-state index in [0.717, 1.165) is 22.0 Å². The number of hydrogen-bond acceptors (Lipinski definition) is 3. The molecule has 0 radical (unpaired) electrons. The number of nitrogens with one attached hydrogen (secondary N) is 1. The lowest BCUT2D eigenvalue weighted by Gasteiger charge is -2.19. The lowest BCUT2D eigenvalue weighted by molar-refractivity contribution is -0.126. The molecule has 2 amide bonds. The van der Waals surface area contributed by atoms with Crippen LogP contribution in [0.3, 0.4) is 0 Å². The highest BCUT2D eigenvalue weighted by molar-refractivity contribution is 6.06. The van der Waals surface area contributed by atoms with Gasteiger partial charge in [0, 0.05) is 37.3 Å². The summed E-state index contributed by atoms with van der Waals surface area (Å²) in [5.41, 5.74) is 1.81. The molecule has 4 rings (SSSR count). The maximum Gasteiger partial charge on any atom is 0.227 e. The standard InChI is InChI=1S/C21H19N3O2/c25-20-11-17(21(26)23-13-15-5-4-10-22-12-15)14-24(20)19-9-3-7-16-6-1-2-8-18(16)19/h1-10,12,17H,11,13-14H2,(H,23,26). The van der Waals surface area contributed by atoms with E-state index in [1.54, 1.807) is 17.3 Å². The largest absolute Gasteiger partial charge is 0.352 e. The Morgan fingerprint density at radius 3 is 2.81 bits per heavy atom. The van der Waals surface area contributed by atoms with Crippen LogP contribution >= 0.6 is 0 Å². The fourth-order valence-corrected chi connectivity index (χ4v) is 3.40. The van der Waals surface area contributed by atoms with Gasteiger partial charge in [-0.3, -0.25) is 14.6 Å². The Labute approximate surface area is 151 Å². The summed E-state index contributed by atoms with van der Waals surface area (Å²) < 4.78 is 0. The molecule has 3 aromatic rings. The Balaban J connectivity index is 1.49. The molecule has 1 unspecified atom stereocenters. The van der Waals surface area contributed by atoms with Crippen LogP contribution in [0.15, 0.2) is 67.0 Å². The summed E-state index contributed by atoms with van der Waals surface area (Å²) in [5.74, 6) is -0.439. The number of hydrogen-bond donors (Lipinski definition) is 1. The molecule has 0 spiro atoms. The summed E-state index contributed by atoms with van der Waals surface area (Å²) in [6.07, 6.45) is 3.66. The number of rotatable bonds is 4. The third-order valence-corrected chi connectivity index (χ3v) is 4.74. The molecule has 1 aliphatic heterocycles. The summed E-state index contributed by atoms with van der Waals surface area (Å²) in [6.45, 7) is 0.831. The number of amides is 2. The Morgan fingerprint density at radius 2 is 1.96 bits per heavy atom. The third kappa shape index (κ3) is 3.16. The second kappa shape index (κ2) is 6.96. The highest BCUT2D eigenvalue weighted by atomic mass is 16.2. The van der Waals surface area contributed by atoms with E-state index in [1.165, 1.54) is 0 Å². The fraction of sp³-hybridized carbons (Fsp3) is 0.190. The molecule has 1 atom stereocenters. The van der Waals surface area contributed by atoms with Crippen molar-refractivity contribution in [3.63, 3.8) is 0 Å². The highest BCUT2D eigenvalue weighted by Crippen LogP contribution is 2.31. The minimum Gasteiger partial charge on any atom is -0.352 e. The van der Waals surface area contributed by atoms with Crippen molar-refractivity contribution in [3.8, 4) is 0 Å². The number of pyridine rings is 1. The van der Waals surface area contributed by atoms with Crippen LogP contribution in [0.1, 0.15) is 12.0 Å². The van der Waals surface area contributed by atoms with Crippen molar-refractivity contribution >= 4 is 28.3 Å². The Kier molecular flexibility index (Phi) is 4.35. The average Bonchev–Trinajstić information content (AvgIpc) is 3.08. The van der Waals surface area contributed by atoms with Crippen LogP contribution in [0.25, 0.3) is 10.8 Å². The van der Waals surface area contributed by atoms with E-state index in [2.05, 4.69) is 10.3 Å². The molecule has 26 heavy (non-hydrogen) atoms. The second-order valence-electron chi connectivity index (χ2n) is 6.48. The number of fused-ring (bicyclic) bond motifs is 1. The van der Waals surface area contributed by atoms with Crippen molar-refractivity contribution in [1.29, 1.82) is 0 Å². The number of benzene rings is 2. The molecule has 5 nitrogen and oxygen atoms in total. The van der Waals surface area contributed by atoms with E-state index in [9.17, 15) is 9.59 Å². The predicted molar refractivity (Wildman–Crippen MR) is 100 cm³/mol. The van der Waals surface area contributed by atoms with Crippen molar-refractivity contribution in [1.82, 2.24) is 10.3 Å². The molecule has 130 valence electrons. The lowest BCUT2D eigenvalue weighted by atomic mass is 10.1. The van der Waals surface area contributed by atoms with Crippen molar-refractivity contribution in [3.05, 3.63) is 72.6 Å². The molecule has 0 aliphatic carbocycles. The zero-order valence-electron chi connectivity index (χ0n) is 14.3. The topological polar surface area (TPSA) is 62.3 Å². The van der Waals surface area contributed by atoms with Gasteiger partial charge in [0.15, 0.2) is 0 Å². The van der Waals surface area contributed by atoms with Crippen LogP contribution in [0.2, 0.25) is 0 Å². The number of carbonyl (C=O) groups excluding carboxylic acids is 2. The zero-order chi connectivity index (χ0) is 17.9. The molecular formula is C21H19N3O2. The summed E-state index contributed by atoms with van der Waals surface area (Å²) in [7, 11) is 0. The predicted octanol–water partition coefficient (Wildman–Crippen LogP) is 2.90. The molecule has 1 aliphatic rings. The minimum atomic E-state index is -0.335. The van der Waals surface area contributed by atoms with Crippen molar-refractivity contribution in [2.75, 3.05) is 11.4 Å². The van der Waals surface area contributed by atoms with E-state index < -0.39 is 0 Å². The molecule has 1 saturated heterocycles. The summed E-state index contributed by atoms with van der Waals surface area (Å²) in [5, 5.41) is 5.03. The van der Waals surface area contributed by atoms with Gasteiger partial charge in [0.2, 0.25) is 11.8 Å². The average molecular weight is 345 g/mol. The van der Waals surface area contributed by atoms with Crippen molar-refractivity contribution in [2.24, 2.45) is 5.92 Å². The number of anilines is 1. The number of aromatic nitrogens is 1. The highest BCUT2D eigenvalue weighted by Gasteiger charge is 2.35. The van der Waals surface area contributed by atoms with Crippen LogP contribution in [0.5, 0.6) is 0 Å². The first-order valence-electron chi connectivity index (χ1n) is 8.67. The van der Waals surface area contributed by atoms with Crippen LogP contribution in [0, 0.1) is 5.92 Å². The van der Waals surface area contributed by atoms with E-state index in [4.69, 9.17) is 0 Å². The normalized spacial score (nSPS) is 16.8. The zero-order valence-corrected chi connectivity index (χ0v) is 14.3. The van der Waals surface area contributed by atoms with Crippen LogP contribution in [0.4, 0.5) is 5.69 Å². The SMILES string of the molecule is O=C(NCc1cccnc1)C1CC(=O)N(c2cccc3ccccc23)C1. The van der Waals surface area contributed by atoms with Gasteiger partial charge in [-0.05, 0) is 23.1 Å². The van der Waals surface area contributed by atoms with Crippen LogP contribution in [-0.4, -0.2) is 23.3 Å². The lowest BCUT2D eigenvalue weighted by Crippen LogP contribution is -2.32. The van der Waals surface area contributed by atoms with Gasteiger partial charge in [-0.2, -0.15) is 0 Å². The van der Waals surface area contributed by atoms with Gasteiger partial charge in [0.05, 0.1) is 11.6 Å². The van der Waals surface area contributed by atoms with E-state index >= 15 is 0 Å². The molecule has 2 aromatic carbocycles. The molecule has 1 fully saturated rings. The molecule has 0 saturated carbocycles. The Bertz CT molecular complexity index is 950. The maximum absolute atomic E-state index is 12.5. The first-order chi connectivity index (χ1) is 12.7. The molecule has 1 N–H and O–H groups in total. The quantitative estimate of drug-likeness (QED) is 0.791. The van der Waals surface area contributed by atoms with Gasteiger partial charge in [0.25, 0.3) is 0 Å². The Hall–Kier alpha value is -3.21. The minimum absolute atomic E-state index is 0.0112. The Morgan fingerprint density at radius 1 is 1.12 bits per heavy atom. The van der Waals surface area contributed by atoms with Gasteiger partial charge >= 0.3 is 0 Å². The third-order valence-electron chi connectivity index (χ3n) is 4.74. The van der Waals surface area contributed by atoms with E-state index in [-0.39, 0.29) is 24.2 Å². The van der Waals surface area contributed by atoms with Gasteiger partial charge in [-0.25, -0.2) is 0 Å². The monoisotopic (exact) mass is 345 g/mol. The molecule has 5 heteroatoms. The van der Waals surface area contributed by atoms with E-state index in [0.29, 0.717) is 13.1 Å². The number of carbonyl (C=O) groups is 2. The molecule has 1 aromatic heterocycles. The molecule has 0 bridgehead atoms. The summed E-state index contributed by atoms with van der Waals surface area (Å²) in [6, 6.07) is 17.6. The van der Waals surface area contributed by atoms with Crippen molar-refractivity contribution in [2.45, 2.75) is 13.0 Å². The summed E-state index contributed by atoms with van der Waals surface area (Å²) in [4.78, 5) is 30.8. The van der Waals surface area contributed by atoms with E-state index in [1.807, 2.05) is 54.6 Å².